The van der Waals surface area contributed by atoms with E-state index in [9.17, 15) is 28.6 Å². The van der Waals surface area contributed by atoms with Gasteiger partial charge in [-0.05, 0) is 24.0 Å². The molecule has 0 saturated carbocycles. The van der Waals surface area contributed by atoms with Gasteiger partial charge in [0.1, 0.15) is 5.41 Å². The van der Waals surface area contributed by atoms with Gasteiger partial charge in [-0.1, -0.05) is 60.7 Å². The maximum absolute atomic E-state index is 15.2. The Morgan fingerprint density at radius 2 is 1.00 bits per heavy atom. The van der Waals surface area contributed by atoms with E-state index in [2.05, 4.69) is 0 Å². The molecule has 0 aliphatic heterocycles. The average Bonchev–Trinajstić information content (AvgIpc) is 2.92. The molecular formula is C23H18F4O4. The fourth-order valence-electron chi connectivity index (χ4n) is 4.09. The first-order valence-electron chi connectivity index (χ1n) is 9.36. The molecule has 0 radical (unpaired) electrons. The fourth-order valence-corrected chi connectivity index (χ4v) is 4.09. The summed E-state index contributed by atoms with van der Waals surface area (Å²) < 4.78 is 58.9. The third-order valence-electron chi connectivity index (χ3n) is 5.57. The molecule has 2 unspecified atom stereocenters. The zero-order valence-corrected chi connectivity index (χ0v) is 16.1. The van der Waals surface area contributed by atoms with Gasteiger partial charge in [0.15, 0.2) is 23.3 Å². The van der Waals surface area contributed by atoms with E-state index in [0.29, 0.717) is 11.1 Å². The zero-order chi connectivity index (χ0) is 22.8. The lowest BCUT2D eigenvalue weighted by molar-refractivity contribution is -0.154. The lowest BCUT2D eigenvalue weighted by atomic mass is 9.62. The molecule has 3 rings (SSSR count). The molecule has 0 fully saturated rings. The highest BCUT2D eigenvalue weighted by molar-refractivity contribution is 5.80. The van der Waals surface area contributed by atoms with E-state index in [4.69, 9.17) is 0 Å². The van der Waals surface area contributed by atoms with Crippen molar-refractivity contribution < 1.29 is 37.4 Å². The summed E-state index contributed by atoms with van der Waals surface area (Å²) in [6, 6.07) is 15.3. The number of hydrogen-bond donors (Lipinski definition) is 2. The molecule has 0 heterocycles. The Balaban J connectivity index is 2.24. The van der Waals surface area contributed by atoms with Crippen molar-refractivity contribution in [3.63, 3.8) is 0 Å². The highest BCUT2D eigenvalue weighted by Crippen LogP contribution is 2.59. The van der Waals surface area contributed by atoms with Crippen LogP contribution in [0, 0.1) is 17.3 Å². The Bertz CT molecular complexity index is 962. The molecule has 8 heteroatoms. The van der Waals surface area contributed by atoms with E-state index in [1.165, 1.54) is 24.3 Å². The molecule has 1 aliphatic carbocycles. The number of hydrogen-bond acceptors (Lipinski definition) is 2. The summed E-state index contributed by atoms with van der Waals surface area (Å²) in [4.78, 5) is 24.3. The zero-order valence-electron chi connectivity index (χ0n) is 16.1. The molecule has 2 atom stereocenters. The number of benzene rings is 2. The second-order valence-electron chi connectivity index (χ2n) is 7.29. The largest absolute Gasteiger partial charge is 0.481 e. The number of carboxylic acids is 2. The first-order chi connectivity index (χ1) is 14.7. The third kappa shape index (κ3) is 3.85. The van der Waals surface area contributed by atoms with Gasteiger partial charge in [0, 0.05) is 0 Å². The van der Waals surface area contributed by atoms with Crippen LogP contribution in [0.1, 0.15) is 11.1 Å². The van der Waals surface area contributed by atoms with Gasteiger partial charge in [-0.25, -0.2) is 17.6 Å². The van der Waals surface area contributed by atoms with E-state index < -0.39 is 65.3 Å². The normalized spacial score (nSPS) is 17.5. The highest BCUT2D eigenvalue weighted by atomic mass is 19.2. The number of halogens is 4. The van der Waals surface area contributed by atoms with Crippen LogP contribution in [0.2, 0.25) is 0 Å². The summed E-state index contributed by atoms with van der Waals surface area (Å²) in [7, 11) is 0. The van der Waals surface area contributed by atoms with Gasteiger partial charge in [-0.2, -0.15) is 0 Å². The number of aliphatic carboxylic acids is 2. The van der Waals surface area contributed by atoms with Gasteiger partial charge < -0.3 is 10.2 Å². The molecule has 0 bridgehead atoms. The second-order valence-corrected chi connectivity index (χ2v) is 7.29. The van der Waals surface area contributed by atoms with Crippen molar-refractivity contribution in [3.8, 4) is 0 Å². The standard InChI is InChI=1S/C23H18F4O4/c24-17-18(25)20(27)23(19(17)26,15(21(28)29)11-13-7-3-1-4-8-13)16(22(30)31)12-14-9-5-2-6-10-14/h1-10,15-16H,11-12H2,(H,28,29)(H,30,31). The van der Waals surface area contributed by atoms with Crippen molar-refractivity contribution in [2.75, 3.05) is 0 Å². The summed E-state index contributed by atoms with van der Waals surface area (Å²) in [5, 5.41) is 19.7. The van der Waals surface area contributed by atoms with E-state index in [1.807, 2.05) is 0 Å². The van der Waals surface area contributed by atoms with Crippen LogP contribution in [0.25, 0.3) is 0 Å². The number of carbonyl (C=O) groups is 2. The molecule has 2 N–H and O–H groups in total. The van der Waals surface area contributed by atoms with Gasteiger partial charge >= 0.3 is 11.9 Å². The first-order valence-corrected chi connectivity index (χ1v) is 9.36. The molecule has 4 nitrogen and oxygen atoms in total. The minimum absolute atomic E-state index is 0.312. The van der Waals surface area contributed by atoms with E-state index in [0.717, 1.165) is 0 Å². The van der Waals surface area contributed by atoms with Gasteiger partial charge in [0.2, 0.25) is 0 Å². The Morgan fingerprint density at radius 3 is 1.29 bits per heavy atom. The molecule has 162 valence electrons. The SMILES string of the molecule is O=C(O)C(Cc1ccccc1)C1(C(Cc2ccccc2)C(=O)O)C(F)=C(F)C(F)=C1F. The van der Waals surface area contributed by atoms with Crippen molar-refractivity contribution >= 4 is 11.9 Å². The van der Waals surface area contributed by atoms with Crippen LogP contribution in [0.4, 0.5) is 17.6 Å². The lowest BCUT2D eigenvalue weighted by Gasteiger charge is -2.38. The van der Waals surface area contributed by atoms with Crippen LogP contribution in [-0.2, 0) is 22.4 Å². The summed E-state index contributed by atoms with van der Waals surface area (Å²) in [6.45, 7) is 0. The predicted molar refractivity (Wildman–Crippen MR) is 103 cm³/mol. The molecular weight excluding hydrogens is 416 g/mol. The van der Waals surface area contributed by atoms with Crippen molar-refractivity contribution in [3.05, 3.63) is 95.1 Å². The monoisotopic (exact) mass is 434 g/mol. The van der Waals surface area contributed by atoms with Crippen LogP contribution < -0.4 is 0 Å². The van der Waals surface area contributed by atoms with Crippen molar-refractivity contribution in [1.82, 2.24) is 0 Å². The Morgan fingerprint density at radius 1 is 0.677 bits per heavy atom. The average molecular weight is 434 g/mol. The van der Waals surface area contributed by atoms with E-state index in [-0.39, 0.29) is 0 Å². The lowest BCUT2D eigenvalue weighted by Crippen LogP contribution is -2.47. The fraction of sp³-hybridized carbons (Fsp3) is 0.217. The molecule has 0 aromatic heterocycles. The van der Waals surface area contributed by atoms with Crippen LogP contribution in [0.5, 0.6) is 0 Å². The Hall–Kier alpha value is -3.42. The summed E-state index contributed by atoms with van der Waals surface area (Å²) in [5.74, 6) is -16.4. The third-order valence-corrected chi connectivity index (χ3v) is 5.57. The Labute approximate surface area is 175 Å². The van der Waals surface area contributed by atoms with Gasteiger partial charge in [-0.3, -0.25) is 9.59 Å². The number of carboxylic acid groups (broad SMARTS) is 2. The summed E-state index contributed by atoms with van der Waals surface area (Å²) in [5.41, 5.74) is -2.56. The molecule has 31 heavy (non-hydrogen) atoms. The number of allylic oxidation sites excluding steroid dienone is 4. The maximum atomic E-state index is 15.2. The minimum Gasteiger partial charge on any atom is -0.481 e. The molecule has 0 amide bonds. The smallest absolute Gasteiger partial charge is 0.308 e. The second kappa shape index (κ2) is 8.75. The van der Waals surface area contributed by atoms with Crippen LogP contribution in [0.3, 0.4) is 0 Å². The molecule has 0 saturated heterocycles. The Kier molecular flexibility index (Phi) is 6.29. The van der Waals surface area contributed by atoms with E-state index in [1.54, 1.807) is 36.4 Å². The molecule has 2 aromatic rings. The topological polar surface area (TPSA) is 74.6 Å². The van der Waals surface area contributed by atoms with Crippen molar-refractivity contribution in [2.45, 2.75) is 12.8 Å². The van der Waals surface area contributed by atoms with Crippen LogP contribution >= 0.6 is 0 Å². The van der Waals surface area contributed by atoms with Crippen molar-refractivity contribution in [1.29, 1.82) is 0 Å². The summed E-state index contributed by atoms with van der Waals surface area (Å²) >= 11 is 0. The van der Waals surface area contributed by atoms with Gasteiger partial charge in [0.25, 0.3) is 0 Å². The van der Waals surface area contributed by atoms with Crippen LogP contribution in [-0.4, -0.2) is 22.2 Å². The molecule has 1 aliphatic rings. The maximum Gasteiger partial charge on any atom is 0.308 e. The predicted octanol–water partition coefficient (Wildman–Crippen LogP) is 5.17. The van der Waals surface area contributed by atoms with Gasteiger partial charge in [0.05, 0.1) is 11.8 Å². The van der Waals surface area contributed by atoms with E-state index >= 15 is 8.78 Å². The summed E-state index contributed by atoms with van der Waals surface area (Å²) in [6.07, 6.45) is -1.09. The quantitative estimate of drug-likeness (QED) is 0.562. The first kappa shape index (κ1) is 22.3. The van der Waals surface area contributed by atoms with Crippen LogP contribution in [0.15, 0.2) is 84.0 Å². The number of rotatable bonds is 8. The molecule has 2 aromatic carbocycles. The van der Waals surface area contributed by atoms with Gasteiger partial charge in [-0.15, -0.1) is 0 Å². The minimum atomic E-state index is -3.18. The van der Waals surface area contributed by atoms with Crippen molar-refractivity contribution in [2.24, 2.45) is 17.3 Å². The highest BCUT2D eigenvalue weighted by Gasteiger charge is 2.64. The molecule has 0 spiro atoms.